The number of aliphatic hydroxyl groups excluding tert-OH is 1. The standard InChI is InChI=1S/C26H29NO6/c1-15(2)33-19-10-6-7-17(13-19)24(29)22-23(16-11-12-21(32-3)20(28)14-16)27(26(31)25(22)30)18-8-4-5-9-18/h6-7,10-15,18,23,28-29H,4-5,8-9H2,1-3H3/b24-22-. The number of likely N-dealkylation sites (tertiary alicyclic amines) is 1. The fraction of sp³-hybridized carbons (Fsp3) is 0.385. The molecule has 2 aromatic carbocycles. The van der Waals surface area contributed by atoms with Crippen LogP contribution in [0.1, 0.15) is 56.7 Å². The summed E-state index contributed by atoms with van der Waals surface area (Å²) in [6, 6.07) is 10.7. The van der Waals surface area contributed by atoms with Crippen LogP contribution in [0.15, 0.2) is 48.0 Å². The average Bonchev–Trinajstić information content (AvgIpc) is 3.40. The quantitative estimate of drug-likeness (QED) is 0.380. The third-order valence-electron chi connectivity index (χ3n) is 6.20. The largest absolute Gasteiger partial charge is 0.507 e. The van der Waals surface area contributed by atoms with E-state index >= 15 is 0 Å². The predicted octanol–water partition coefficient (Wildman–Crippen LogP) is 4.55. The Bertz CT molecular complexity index is 1100. The third-order valence-corrected chi connectivity index (χ3v) is 6.20. The summed E-state index contributed by atoms with van der Waals surface area (Å²) in [7, 11) is 1.45. The van der Waals surface area contributed by atoms with Gasteiger partial charge in [-0.2, -0.15) is 0 Å². The van der Waals surface area contributed by atoms with Crippen LogP contribution in [0.5, 0.6) is 17.2 Å². The van der Waals surface area contributed by atoms with E-state index in [-0.39, 0.29) is 35.0 Å². The minimum absolute atomic E-state index is 0.0122. The molecule has 33 heavy (non-hydrogen) atoms. The molecule has 7 nitrogen and oxygen atoms in total. The molecule has 2 aliphatic rings. The number of carbonyl (C=O) groups is 2. The van der Waals surface area contributed by atoms with Crippen LogP contribution < -0.4 is 9.47 Å². The Hall–Kier alpha value is -3.48. The van der Waals surface area contributed by atoms with Crippen LogP contribution in [0.2, 0.25) is 0 Å². The molecule has 1 atom stereocenters. The van der Waals surface area contributed by atoms with Crippen LogP contribution in [0.4, 0.5) is 0 Å². The van der Waals surface area contributed by atoms with Crippen molar-refractivity contribution in [2.75, 3.05) is 7.11 Å². The Morgan fingerprint density at radius 3 is 2.45 bits per heavy atom. The molecule has 1 saturated heterocycles. The number of Topliss-reactive ketones (excluding diaryl/α,β-unsaturated/α-hetero) is 1. The molecule has 2 N–H and O–H groups in total. The fourth-order valence-electron chi connectivity index (χ4n) is 4.76. The SMILES string of the molecule is COc1ccc(C2/C(=C(/O)c3cccc(OC(C)C)c3)C(=O)C(=O)N2C2CCCC2)cc1O. The molecule has 0 spiro atoms. The minimum atomic E-state index is -0.806. The number of hydrogen-bond donors (Lipinski definition) is 2. The van der Waals surface area contributed by atoms with Crippen LogP contribution >= 0.6 is 0 Å². The number of phenolic OH excluding ortho intramolecular Hbond substituents is 1. The molecule has 1 aliphatic heterocycles. The predicted molar refractivity (Wildman–Crippen MR) is 123 cm³/mol. The monoisotopic (exact) mass is 451 g/mol. The molecule has 1 unspecified atom stereocenters. The van der Waals surface area contributed by atoms with E-state index in [1.807, 2.05) is 13.8 Å². The smallest absolute Gasteiger partial charge is 0.295 e. The van der Waals surface area contributed by atoms with Crippen molar-refractivity contribution < 1.29 is 29.3 Å². The molecule has 0 radical (unpaired) electrons. The van der Waals surface area contributed by atoms with Crippen molar-refractivity contribution in [1.29, 1.82) is 0 Å². The second kappa shape index (κ2) is 9.17. The summed E-state index contributed by atoms with van der Waals surface area (Å²) in [4.78, 5) is 28.0. The molecule has 1 aliphatic carbocycles. The van der Waals surface area contributed by atoms with E-state index in [9.17, 15) is 19.8 Å². The van der Waals surface area contributed by atoms with Gasteiger partial charge in [0.05, 0.1) is 24.8 Å². The molecular weight excluding hydrogens is 422 g/mol. The van der Waals surface area contributed by atoms with Crippen molar-refractivity contribution in [2.24, 2.45) is 0 Å². The normalized spacial score (nSPS) is 20.6. The van der Waals surface area contributed by atoms with E-state index in [2.05, 4.69) is 0 Å². The average molecular weight is 452 g/mol. The van der Waals surface area contributed by atoms with Crippen LogP contribution in [0.3, 0.4) is 0 Å². The van der Waals surface area contributed by atoms with E-state index in [1.54, 1.807) is 41.3 Å². The summed E-state index contributed by atoms with van der Waals surface area (Å²) in [5, 5.41) is 21.7. The lowest BCUT2D eigenvalue weighted by molar-refractivity contribution is -0.141. The first kappa shape index (κ1) is 22.7. The number of carbonyl (C=O) groups excluding carboxylic acids is 2. The van der Waals surface area contributed by atoms with Crippen LogP contribution in [-0.2, 0) is 9.59 Å². The van der Waals surface area contributed by atoms with E-state index in [1.165, 1.54) is 13.2 Å². The highest BCUT2D eigenvalue weighted by molar-refractivity contribution is 6.46. The maximum absolute atomic E-state index is 13.2. The number of ether oxygens (including phenoxy) is 2. The van der Waals surface area contributed by atoms with E-state index < -0.39 is 17.7 Å². The Kier molecular flexibility index (Phi) is 6.31. The van der Waals surface area contributed by atoms with Gasteiger partial charge in [-0.3, -0.25) is 9.59 Å². The van der Waals surface area contributed by atoms with Crippen molar-refractivity contribution >= 4 is 17.4 Å². The molecule has 1 heterocycles. The summed E-state index contributed by atoms with van der Waals surface area (Å²) >= 11 is 0. The zero-order valence-corrected chi connectivity index (χ0v) is 19.1. The number of amides is 1. The van der Waals surface area contributed by atoms with E-state index in [0.29, 0.717) is 16.9 Å². The van der Waals surface area contributed by atoms with Gasteiger partial charge >= 0.3 is 0 Å². The third kappa shape index (κ3) is 4.27. The summed E-state index contributed by atoms with van der Waals surface area (Å²) in [6.07, 6.45) is 3.48. The van der Waals surface area contributed by atoms with Crippen molar-refractivity contribution in [3.8, 4) is 17.2 Å². The molecule has 174 valence electrons. The number of benzene rings is 2. The Morgan fingerprint density at radius 2 is 1.82 bits per heavy atom. The first-order valence-electron chi connectivity index (χ1n) is 11.3. The molecule has 1 amide bonds. The highest BCUT2D eigenvalue weighted by atomic mass is 16.5. The van der Waals surface area contributed by atoms with Crippen LogP contribution in [0.25, 0.3) is 5.76 Å². The molecule has 0 aromatic heterocycles. The van der Waals surface area contributed by atoms with Gasteiger partial charge in [0.1, 0.15) is 11.5 Å². The number of phenols is 1. The summed E-state index contributed by atoms with van der Waals surface area (Å²) in [5.74, 6) is -0.872. The first-order valence-corrected chi connectivity index (χ1v) is 11.3. The van der Waals surface area contributed by atoms with Crippen molar-refractivity contribution in [3.05, 3.63) is 59.2 Å². The Balaban J connectivity index is 1.86. The maximum atomic E-state index is 13.2. The highest BCUT2D eigenvalue weighted by Crippen LogP contribution is 2.45. The zero-order valence-electron chi connectivity index (χ0n) is 19.1. The molecule has 1 saturated carbocycles. The van der Waals surface area contributed by atoms with Gasteiger partial charge in [-0.15, -0.1) is 0 Å². The number of nitrogens with zero attached hydrogens (tertiary/aromatic N) is 1. The number of rotatable bonds is 6. The van der Waals surface area contributed by atoms with Crippen molar-refractivity contribution in [2.45, 2.75) is 57.7 Å². The lowest BCUT2D eigenvalue weighted by Gasteiger charge is -2.31. The maximum Gasteiger partial charge on any atom is 0.295 e. The second-order valence-electron chi connectivity index (χ2n) is 8.77. The van der Waals surface area contributed by atoms with E-state index in [4.69, 9.17) is 9.47 Å². The highest BCUT2D eigenvalue weighted by Gasteiger charge is 2.49. The topological polar surface area (TPSA) is 96.3 Å². The lowest BCUT2D eigenvalue weighted by Crippen LogP contribution is -2.37. The Morgan fingerprint density at radius 1 is 1.09 bits per heavy atom. The molecule has 4 rings (SSSR count). The summed E-state index contributed by atoms with van der Waals surface area (Å²) in [6.45, 7) is 3.80. The first-order chi connectivity index (χ1) is 15.8. The van der Waals surface area contributed by atoms with Crippen LogP contribution in [0, 0.1) is 0 Å². The zero-order chi connectivity index (χ0) is 23.7. The van der Waals surface area contributed by atoms with Gasteiger partial charge in [0, 0.05) is 11.6 Å². The number of ketones is 1. The summed E-state index contributed by atoms with van der Waals surface area (Å²) in [5.41, 5.74) is 0.939. The van der Waals surface area contributed by atoms with Gasteiger partial charge in [0.15, 0.2) is 11.5 Å². The molecule has 2 fully saturated rings. The van der Waals surface area contributed by atoms with Gasteiger partial charge < -0.3 is 24.6 Å². The molecule has 2 aromatic rings. The summed E-state index contributed by atoms with van der Waals surface area (Å²) < 4.78 is 10.9. The molecule has 0 bridgehead atoms. The number of aliphatic hydroxyl groups is 1. The molecular formula is C26H29NO6. The van der Waals surface area contributed by atoms with E-state index in [0.717, 1.165) is 25.7 Å². The van der Waals surface area contributed by atoms with Gasteiger partial charge in [-0.1, -0.05) is 31.0 Å². The Labute approximate surface area is 193 Å². The van der Waals surface area contributed by atoms with Gasteiger partial charge in [0.25, 0.3) is 11.7 Å². The van der Waals surface area contributed by atoms with Gasteiger partial charge in [-0.25, -0.2) is 0 Å². The van der Waals surface area contributed by atoms with Gasteiger partial charge in [-0.05, 0) is 56.5 Å². The second-order valence-corrected chi connectivity index (χ2v) is 8.77. The van der Waals surface area contributed by atoms with Crippen molar-refractivity contribution in [3.63, 3.8) is 0 Å². The number of aromatic hydroxyl groups is 1. The van der Waals surface area contributed by atoms with Crippen molar-refractivity contribution in [1.82, 2.24) is 4.90 Å². The molecule has 7 heteroatoms. The van der Waals surface area contributed by atoms with Gasteiger partial charge in [0.2, 0.25) is 0 Å². The minimum Gasteiger partial charge on any atom is -0.507 e. The lowest BCUT2D eigenvalue weighted by atomic mass is 9.94. The fourth-order valence-corrected chi connectivity index (χ4v) is 4.76. The van der Waals surface area contributed by atoms with Crippen LogP contribution in [-0.4, -0.2) is 46.1 Å². The number of hydrogen-bond acceptors (Lipinski definition) is 6. The number of methoxy groups -OCH3 is 1.